The van der Waals surface area contributed by atoms with Crippen molar-refractivity contribution < 1.29 is 13.3 Å². The molecule has 0 saturated heterocycles. The minimum Gasteiger partial charge on any atom is -0.377 e. The van der Waals surface area contributed by atoms with Crippen molar-refractivity contribution in [1.29, 1.82) is 0 Å². The fraction of sp³-hybridized carbons (Fsp3) is 1.00. The predicted molar refractivity (Wildman–Crippen MR) is 90.2 cm³/mol. The summed E-state index contributed by atoms with van der Waals surface area (Å²) in [4.78, 5) is 0. The second kappa shape index (κ2) is 14.9. The highest BCUT2D eigenvalue weighted by molar-refractivity contribution is 6.60. The Morgan fingerprint density at radius 3 is 1.57 bits per heavy atom. The Kier molecular flexibility index (Phi) is 14.9. The molecule has 0 aliphatic carbocycles. The number of nitrogens with two attached hydrogens (primary N) is 1. The van der Waals surface area contributed by atoms with Crippen molar-refractivity contribution in [3.63, 3.8) is 0 Å². The third-order valence-corrected chi connectivity index (χ3v) is 6.75. The van der Waals surface area contributed by atoms with Crippen LogP contribution in [0.4, 0.5) is 0 Å². The molecule has 0 aliphatic rings. The molecule has 5 nitrogen and oxygen atoms in total. The van der Waals surface area contributed by atoms with E-state index in [1.54, 1.807) is 21.3 Å². The van der Waals surface area contributed by atoms with Crippen LogP contribution in [0.1, 0.15) is 57.8 Å². The first-order valence-corrected chi connectivity index (χ1v) is 10.2. The van der Waals surface area contributed by atoms with E-state index >= 15 is 0 Å². The molecule has 0 fully saturated rings. The van der Waals surface area contributed by atoms with E-state index in [2.05, 4.69) is 5.32 Å². The van der Waals surface area contributed by atoms with Crippen LogP contribution in [0, 0.1) is 0 Å². The zero-order chi connectivity index (χ0) is 15.8. The summed E-state index contributed by atoms with van der Waals surface area (Å²) in [5.41, 5.74) is 5.37. The number of hydrogen-bond acceptors (Lipinski definition) is 5. The van der Waals surface area contributed by atoms with Crippen LogP contribution in [0.2, 0.25) is 6.04 Å². The number of unbranched alkanes of at least 4 members (excludes halogenated alkanes) is 8. The predicted octanol–water partition coefficient (Wildman–Crippen LogP) is 2.88. The van der Waals surface area contributed by atoms with E-state index in [1.165, 1.54) is 51.4 Å². The third kappa shape index (κ3) is 11.3. The van der Waals surface area contributed by atoms with E-state index in [0.717, 1.165) is 19.0 Å². The first-order chi connectivity index (χ1) is 10.2. The van der Waals surface area contributed by atoms with Gasteiger partial charge in [-0.25, -0.2) is 0 Å². The van der Waals surface area contributed by atoms with Crippen molar-refractivity contribution in [2.45, 2.75) is 63.8 Å². The molecule has 128 valence electrons. The average molecular weight is 321 g/mol. The minimum atomic E-state index is -2.33. The quantitative estimate of drug-likeness (QED) is 0.260. The van der Waals surface area contributed by atoms with Crippen LogP contribution in [0.25, 0.3) is 0 Å². The Hall–Kier alpha value is 0.0169. The summed E-state index contributed by atoms with van der Waals surface area (Å²) >= 11 is 0. The summed E-state index contributed by atoms with van der Waals surface area (Å²) in [5.74, 6) is 0. The molecule has 6 heteroatoms. The second-order valence-corrected chi connectivity index (χ2v) is 8.52. The van der Waals surface area contributed by atoms with Crippen LogP contribution < -0.4 is 11.1 Å². The SMILES string of the molecule is CO[Si](CCCCCCCCCCCNCN)(OC)OC. The molecule has 21 heavy (non-hydrogen) atoms. The molecular formula is C15H36N2O3Si. The van der Waals surface area contributed by atoms with E-state index in [1.807, 2.05) is 0 Å². The van der Waals surface area contributed by atoms with Crippen molar-refractivity contribution >= 4 is 8.80 Å². The zero-order valence-corrected chi connectivity index (χ0v) is 15.3. The maximum atomic E-state index is 5.42. The lowest BCUT2D eigenvalue weighted by atomic mass is 10.1. The van der Waals surface area contributed by atoms with Gasteiger partial charge in [0.15, 0.2) is 0 Å². The van der Waals surface area contributed by atoms with Crippen molar-refractivity contribution in [1.82, 2.24) is 5.32 Å². The fourth-order valence-electron chi connectivity index (χ4n) is 2.49. The third-order valence-electron chi connectivity index (χ3n) is 3.91. The summed E-state index contributed by atoms with van der Waals surface area (Å²) in [6.45, 7) is 1.65. The molecule has 0 aromatic carbocycles. The van der Waals surface area contributed by atoms with Crippen LogP contribution in [0.5, 0.6) is 0 Å². The van der Waals surface area contributed by atoms with Gasteiger partial charge in [0.05, 0.1) is 0 Å². The molecule has 0 atom stereocenters. The number of nitrogens with one attached hydrogen (secondary N) is 1. The first kappa shape index (κ1) is 21.0. The molecule has 0 rings (SSSR count). The van der Waals surface area contributed by atoms with Gasteiger partial charge in [-0.05, 0) is 19.4 Å². The first-order valence-electron chi connectivity index (χ1n) is 8.31. The van der Waals surface area contributed by atoms with Crippen LogP contribution >= 0.6 is 0 Å². The highest BCUT2D eigenvalue weighted by atomic mass is 28.4. The van der Waals surface area contributed by atoms with Crippen molar-refractivity contribution in [3.8, 4) is 0 Å². The van der Waals surface area contributed by atoms with Crippen molar-refractivity contribution in [2.24, 2.45) is 5.73 Å². The summed E-state index contributed by atoms with van der Waals surface area (Å²) in [6.07, 6.45) is 11.6. The molecule has 0 saturated carbocycles. The number of hydrogen-bond donors (Lipinski definition) is 2. The average Bonchev–Trinajstić information content (AvgIpc) is 2.53. The largest absolute Gasteiger partial charge is 0.500 e. The highest BCUT2D eigenvalue weighted by Gasteiger charge is 2.36. The minimum absolute atomic E-state index is 0.597. The second-order valence-electron chi connectivity index (χ2n) is 5.43. The van der Waals surface area contributed by atoms with E-state index in [0.29, 0.717) is 6.67 Å². The molecule has 0 bridgehead atoms. The van der Waals surface area contributed by atoms with Crippen molar-refractivity contribution in [2.75, 3.05) is 34.5 Å². The Morgan fingerprint density at radius 2 is 1.14 bits per heavy atom. The van der Waals surface area contributed by atoms with Crippen LogP contribution in [-0.2, 0) is 13.3 Å². The summed E-state index contributed by atoms with van der Waals surface area (Å²) in [5, 5.41) is 3.15. The van der Waals surface area contributed by atoms with Gasteiger partial charge in [-0.15, -0.1) is 0 Å². The van der Waals surface area contributed by atoms with Gasteiger partial charge in [-0.1, -0.05) is 44.9 Å². The lowest BCUT2D eigenvalue weighted by molar-refractivity contribution is 0.122. The maximum absolute atomic E-state index is 5.42. The maximum Gasteiger partial charge on any atom is 0.500 e. The molecule has 3 N–H and O–H groups in total. The molecule has 0 radical (unpaired) electrons. The molecular weight excluding hydrogens is 284 g/mol. The molecule has 0 heterocycles. The summed E-state index contributed by atoms with van der Waals surface area (Å²) < 4.78 is 16.3. The van der Waals surface area contributed by atoms with E-state index in [-0.39, 0.29) is 0 Å². The van der Waals surface area contributed by atoms with E-state index in [9.17, 15) is 0 Å². The van der Waals surface area contributed by atoms with E-state index < -0.39 is 8.80 Å². The summed E-state index contributed by atoms with van der Waals surface area (Å²) in [7, 11) is 2.72. The molecule has 0 aromatic rings. The normalized spacial score (nSPS) is 12.0. The zero-order valence-electron chi connectivity index (χ0n) is 14.3. The lowest BCUT2D eigenvalue weighted by Gasteiger charge is -2.24. The monoisotopic (exact) mass is 320 g/mol. The van der Waals surface area contributed by atoms with Crippen LogP contribution in [0.3, 0.4) is 0 Å². The Bertz CT molecular complexity index is 209. The Labute approximate surface area is 132 Å². The Balaban J connectivity index is 3.29. The molecule has 0 unspecified atom stereocenters. The molecule has 0 aliphatic heterocycles. The van der Waals surface area contributed by atoms with Gasteiger partial charge in [-0.3, -0.25) is 0 Å². The fourth-order valence-corrected chi connectivity index (χ4v) is 4.28. The number of rotatable bonds is 16. The van der Waals surface area contributed by atoms with Gasteiger partial charge in [-0.2, -0.15) is 0 Å². The van der Waals surface area contributed by atoms with Crippen LogP contribution in [-0.4, -0.2) is 43.3 Å². The van der Waals surface area contributed by atoms with Gasteiger partial charge in [0, 0.05) is 34.0 Å². The van der Waals surface area contributed by atoms with Gasteiger partial charge < -0.3 is 24.3 Å². The van der Waals surface area contributed by atoms with Gasteiger partial charge in [0.25, 0.3) is 0 Å². The lowest BCUT2D eigenvalue weighted by Crippen LogP contribution is -2.42. The molecule has 0 aromatic heterocycles. The smallest absolute Gasteiger partial charge is 0.377 e. The van der Waals surface area contributed by atoms with Gasteiger partial charge >= 0.3 is 8.80 Å². The van der Waals surface area contributed by atoms with Crippen LogP contribution in [0.15, 0.2) is 0 Å². The van der Waals surface area contributed by atoms with Crippen molar-refractivity contribution in [3.05, 3.63) is 0 Å². The molecule has 0 spiro atoms. The standard InChI is InChI=1S/C15H36N2O3Si/c1-18-21(19-2,20-3)14-12-10-8-6-4-5-7-9-11-13-17-15-16/h17H,4-16H2,1-3H3. The summed E-state index contributed by atoms with van der Waals surface area (Å²) in [6, 6.07) is 0.921. The van der Waals surface area contributed by atoms with E-state index in [4.69, 9.17) is 19.0 Å². The van der Waals surface area contributed by atoms with Gasteiger partial charge in [0.1, 0.15) is 0 Å². The van der Waals surface area contributed by atoms with Gasteiger partial charge in [0.2, 0.25) is 0 Å². The Morgan fingerprint density at radius 1 is 0.714 bits per heavy atom. The highest BCUT2D eigenvalue weighted by Crippen LogP contribution is 2.18. The topological polar surface area (TPSA) is 65.7 Å². The molecule has 0 amide bonds.